The van der Waals surface area contributed by atoms with E-state index < -0.39 is 29.8 Å². The molecule has 1 aromatic rings. The maximum Gasteiger partial charge on any atom is 0.494 e. The Morgan fingerprint density at radius 1 is 1.10 bits per heavy atom. The van der Waals surface area contributed by atoms with Gasteiger partial charge in [-0.1, -0.05) is 12.1 Å². The molecule has 1 amide bonds. The lowest BCUT2D eigenvalue weighted by Crippen LogP contribution is -2.41. The summed E-state index contributed by atoms with van der Waals surface area (Å²) in [5, 5.41) is 12.9. The molecular formula is C15H20BNO4. The Hall–Kier alpha value is -1.37. The Morgan fingerprint density at radius 3 is 2.24 bits per heavy atom. The molecule has 2 aliphatic heterocycles. The zero-order valence-corrected chi connectivity index (χ0v) is 13.0. The van der Waals surface area contributed by atoms with Gasteiger partial charge in [-0.15, -0.1) is 0 Å². The van der Waals surface area contributed by atoms with Crippen LogP contribution in [0.1, 0.15) is 40.2 Å². The van der Waals surface area contributed by atoms with Crippen LogP contribution >= 0.6 is 0 Å². The van der Waals surface area contributed by atoms with Gasteiger partial charge in [0.15, 0.2) is 5.60 Å². The van der Waals surface area contributed by atoms with E-state index in [2.05, 4.69) is 5.32 Å². The molecule has 112 valence electrons. The minimum Gasteiger partial charge on any atom is -0.399 e. The Morgan fingerprint density at radius 2 is 1.67 bits per heavy atom. The summed E-state index contributed by atoms with van der Waals surface area (Å²) in [6.45, 7) is 9.46. The van der Waals surface area contributed by atoms with Crippen molar-refractivity contribution in [2.45, 2.75) is 51.4 Å². The van der Waals surface area contributed by atoms with E-state index in [0.717, 1.165) is 5.46 Å². The van der Waals surface area contributed by atoms with E-state index in [9.17, 15) is 9.90 Å². The number of nitrogens with one attached hydrogen (secondary N) is 1. The average Bonchev–Trinajstić information content (AvgIpc) is 2.70. The van der Waals surface area contributed by atoms with E-state index in [-0.39, 0.29) is 0 Å². The third-order valence-electron chi connectivity index (χ3n) is 4.78. The van der Waals surface area contributed by atoms with Gasteiger partial charge in [0.05, 0.1) is 11.2 Å². The van der Waals surface area contributed by atoms with Crippen molar-refractivity contribution in [3.63, 3.8) is 0 Å². The summed E-state index contributed by atoms with van der Waals surface area (Å²) in [5.41, 5.74) is -0.295. The molecule has 1 fully saturated rings. The maximum absolute atomic E-state index is 11.8. The fourth-order valence-electron chi connectivity index (χ4n) is 2.58. The fraction of sp³-hybridized carbons (Fsp3) is 0.533. The Bertz CT molecular complexity index is 608. The van der Waals surface area contributed by atoms with Gasteiger partial charge in [0.1, 0.15) is 0 Å². The topological polar surface area (TPSA) is 67.8 Å². The highest BCUT2D eigenvalue weighted by Gasteiger charge is 2.52. The Kier molecular flexibility index (Phi) is 2.84. The fourth-order valence-corrected chi connectivity index (χ4v) is 2.58. The predicted octanol–water partition coefficient (Wildman–Crippen LogP) is 1.15. The lowest BCUT2D eigenvalue weighted by atomic mass is 9.78. The molecule has 21 heavy (non-hydrogen) atoms. The molecule has 3 rings (SSSR count). The van der Waals surface area contributed by atoms with E-state index in [0.29, 0.717) is 11.3 Å². The molecule has 6 heteroatoms. The van der Waals surface area contributed by atoms with Gasteiger partial charge in [0.2, 0.25) is 0 Å². The molecule has 2 aliphatic rings. The molecule has 1 atom stereocenters. The van der Waals surface area contributed by atoms with Crippen LogP contribution in [0.2, 0.25) is 0 Å². The third-order valence-corrected chi connectivity index (χ3v) is 4.78. The monoisotopic (exact) mass is 289 g/mol. The molecule has 1 saturated heterocycles. The largest absolute Gasteiger partial charge is 0.494 e. The highest BCUT2D eigenvalue weighted by molar-refractivity contribution is 6.62. The van der Waals surface area contributed by atoms with E-state index in [1.165, 1.54) is 6.92 Å². The molecule has 0 radical (unpaired) electrons. The molecule has 2 heterocycles. The summed E-state index contributed by atoms with van der Waals surface area (Å²) < 4.78 is 12.0. The second kappa shape index (κ2) is 4.09. The molecule has 2 N–H and O–H groups in total. The van der Waals surface area contributed by atoms with Crippen molar-refractivity contribution < 1.29 is 19.2 Å². The van der Waals surface area contributed by atoms with Crippen LogP contribution in [0.3, 0.4) is 0 Å². The molecule has 0 aromatic heterocycles. The summed E-state index contributed by atoms with van der Waals surface area (Å²) in [6, 6.07) is 5.38. The lowest BCUT2D eigenvalue weighted by molar-refractivity contribution is -0.131. The van der Waals surface area contributed by atoms with Crippen molar-refractivity contribution in [1.29, 1.82) is 0 Å². The van der Waals surface area contributed by atoms with Gasteiger partial charge < -0.3 is 19.7 Å². The van der Waals surface area contributed by atoms with Crippen molar-refractivity contribution >= 4 is 24.2 Å². The second-order valence-corrected chi connectivity index (χ2v) is 6.92. The summed E-state index contributed by atoms with van der Waals surface area (Å²) in [4.78, 5) is 11.8. The van der Waals surface area contributed by atoms with Crippen LogP contribution < -0.4 is 10.8 Å². The number of anilines is 1. The van der Waals surface area contributed by atoms with Crippen LogP contribution in [0, 0.1) is 0 Å². The molecule has 0 saturated carbocycles. The van der Waals surface area contributed by atoms with Crippen molar-refractivity contribution in [3.8, 4) is 0 Å². The van der Waals surface area contributed by atoms with Crippen molar-refractivity contribution in [1.82, 2.24) is 0 Å². The van der Waals surface area contributed by atoms with Crippen molar-refractivity contribution in [2.24, 2.45) is 0 Å². The third kappa shape index (κ3) is 2.01. The molecule has 1 aromatic carbocycles. The van der Waals surface area contributed by atoms with Gasteiger partial charge in [-0.25, -0.2) is 0 Å². The van der Waals surface area contributed by atoms with Gasteiger partial charge >= 0.3 is 7.12 Å². The maximum atomic E-state index is 11.8. The van der Waals surface area contributed by atoms with Crippen LogP contribution in [0.4, 0.5) is 5.69 Å². The minimum atomic E-state index is -1.48. The normalized spacial score (nSPS) is 29.4. The SMILES string of the molecule is CC1(O)C(=O)Nc2cc(B3OC(C)(C)C(C)(C)O3)ccc21. The van der Waals surface area contributed by atoms with Gasteiger partial charge in [0, 0.05) is 11.3 Å². The average molecular weight is 289 g/mol. The molecule has 0 aliphatic carbocycles. The van der Waals surface area contributed by atoms with E-state index >= 15 is 0 Å². The van der Waals surface area contributed by atoms with Crippen molar-refractivity contribution in [3.05, 3.63) is 23.8 Å². The highest BCUT2D eigenvalue weighted by atomic mass is 16.7. The van der Waals surface area contributed by atoms with Crippen LogP contribution in [-0.2, 0) is 19.7 Å². The van der Waals surface area contributed by atoms with Crippen LogP contribution in [0.25, 0.3) is 0 Å². The number of carbonyl (C=O) groups excluding carboxylic acids is 1. The quantitative estimate of drug-likeness (QED) is 0.761. The minimum absolute atomic E-state index is 0.411. The first-order chi connectivity index (χ1) is 9.54. The van der Waals surface area contributed by atoms with Gasteiger partial charge in [0.25, 0.3) is 5.91 Å². The number of hydrogen-bond donors (Lipinski definition) is 2. The van der Waals surface area contributed by atoms with Crippen LogP contribution in [-0.4, -0.2) is 29.3 Å². The number of amides is 1. The Labute approximate surface area is 124 Å². The molecule has 0 bridgehead atoms. The van der Waals surface area contributed by atoms with Crippen molar-refractivity contribution in [2.75, 3.05) is 5.32 Å². The number of aliphatic hydroxyl groups is 1. The number of benzene rings is 1. The van der Waals surface area contributed by atoms with Gasteiger partial charge in [-0.05, 0) is 46.1 Å². The highest BCUT2D eigenvalue weighted by Crippen LogP contribution is 2.38. The number of carbonyl (C=O) groups is 1. The molecule has 5 nitrogen and oxygen atoms in total. The van der Waals surface area contributed by atoms with E-state index in [1.54, 1.807) is 12.1 Å². The zero-order valence-electron chi connectivity index (χ0n) is 13.0. The number of hydrogen-bond acceptors (Lipinski definition) is 4. The molecule has 0 spiro atoms. The first kappa shape index (κ1) is 14.6. The lowest BCUT2D eigenvalue weighted by Gasteiger charge is -2.32. The van der Waals surface area contributed by atoms with Crippen LogP contribution in [0.5, 0.6) is 0 Å². The summed E-state index contributed by atoms with van der Waals surface area (Å²) in [5.74, 6) is -0.413. The summed E-state index contributed by atoms with van der Waals surface area (Å²) in [6.07, 6.45) is 0. The number of fused-ring (bicyclic) bond motifs is 1. The zero-order chi connectivity index (χ0) is 15.6. The smallest absolute Gasteiger partial charge is 0.399 e. The summed E-state index contributed by atoms with van der Waals surface area (Å²) >= 11 is 0. The van der Waals surface area contributed by atoms with Crippen LogP contribution in [0.15, 0.2) is 18.2 Å². The van der Waals surface area contributed by atoms with E-state index in [4.69, 9.17) is 9.31 Å². The first-order valence-electron chi connectivity index (χ1n) is 7.08. The van der Waals surface area contributed by atoms with E-state index in [1.807, 2.05) is 33.8 Å². The molecular weight excluding hydrogens is 269 g/mol. The standard InChI is InChI=1S/C15H20BNO4/c1-13(2)14(3,4)21-16(20-13)9-6-7-10-11(8-9)17-12(18)15(10,5)19/h6-8,19H,1-5H3,(H,17,18). The number of rotatable bonds is 1. The summed E-state index contributed by atoms with van der Waals surface area (Å²) in [7, 11) is -0.484. The second-order valence-electron chi connectivity index (χ2n) is 6.92. The Balaban J connectivity index is 1.94. The van der Waals surface area contributed by atoms with Gasteiger partial charge in [-0.2, -0.15) is 0 Å². The first-order valence-corrected chi connectivity index (χ1v) is 7.08. The predicted molar refractivity (Wildman–Crippen MR) is 80.4 cm³/mol. The van der Waals surface area contributed by atoms with Gasteiger partial charge in [-0.3, -0.25) is 4.79 Å². The molecule has 1 unspecified atom stereocenters.